The topological polar surface area (TPSA) is 117 Å². The molecule has 7 nitrogen and oxygen atoms in total. The molecule has 0 aliphatic heterocycles. The summed E-state index contributed by atoms with van der Waals surface area (Å²) in [6.45, 7) is -1.04. The highest BCUT2D eigenvalue weighted by atomic mass is 16.4. The monoisotopic (exact) mass is 196 g/mol. The van der Waals surface area contributed by atoms with Crippen molar-refractivity contribution in [3.05, 3.63) is 0 Å². The van der Waals surface area contributed by atoms with Crippen LogP contribution in [0.3, 0.4) is 0 Å². The Bertz CT molecular complexity index is 285. The van der Waals surface area contributed by atoms with E-state index in [2.05, 4.69) is 0 Å². The first kappa shape index (κ1) is 11.7. The molecule has 0 saturated heterocycles. The predicted octanol–water partition coefficient (Wildman–Crippen LogP) is -0.870. The molecule has 0 aromatic heterocycles. The van der Waals surface area contributed by atoms with Gasteiger partial charge in [-0.2, -0.15) is 10.5 Å². The lowest BCUT2D eigenvalue weighted by molar-refractivity contribution is -0.135. The molecule has 0 heterocycles. The minimum Gasteiger partial charge on any atom is -0.480 e. The van der Waals surface area contributed by atoms with Gasteiger partial charge < -0.3 is 10.4 Å². The molecule has 0 atom stereocenters. The number of carbonyl (C=O) groups is 2. The van der Waals surface area contributed by atoms with Crippen LogP contribution in [0.25, 0.3) is 0 Å². The average Bonchev–Trinajstić information content (AvgIpc) is 2.14. The first-order valence-corrected chi connectivity index (χ1v) is 3.60. The summed E-state index contributed by atoms with van der Waals surface area (Å²) in [6, 6.07) is 2.64. The Kier molecular flexibility index (Phi) is 5.24. The van der Waals surface area contributed by atoms with Crippen molar-refractivity contribution in [2.75, 3.05) is 19.6 Å². The van der Waals surface area contributed by atoms with E-state index in [1.165, 1.54) is 0 Å². The standard InChI is InChI=1S/C7H8N4O3/c8-1-3-11(4-2-9)7(14)10-5-6(12)13/h3-5H2,(H,10,14)(H,12,13). The largest absolute Gasteiger partial charge is 0.480 e. The first-order chi connectivity index (χ1) is 6.61. The molecule has 0 unspecified atom stereocenters. The summed E-state index contributed by atoms with van der Waals surface area (Å²) < 4.78 is 0. The zero-order chi connectivity index (χ0) is 11.0. The molecule has 0 fully saturated rings. The lowest BCUT2D eigenvalue weighted by Gasteiger charge is -2.15. The van der Waals surface area contributed by atoms with Crippen LogP contribution in [0.2, 0.25) is 0 Å². The Labute approximate surface area is 80.1 Å². The second-order valence-corrected chi connectivity index (χ2v) is 2.22. The number of carboxylic acids is 1. The van der Waals surface area contributed by atoms with Gasteiger partial charge in [0, 0.05) is 0 Å². The molecule has 2 N–H and O–H groups in total. The minimum atomic E-state index is -1.19. The van der Waals surface area contributed by atoms with Gasteiger partial charge in [-0.1, -0.05) is 0 Å². The van der Waals surface area contributed by atoms with Crippen LogP contribution in [0, 0.1) is 22.7 Å². The number of rotatable bonds is 4. The average molecular weight is 196 g/mol. The number of carboxylic acid groups (broad SMARTS) is 1. The quantitative estimate of drug-likeness (QED) is 0.566. The van der Waals surface area contributed by atoms with Crippen molar-refractivity contribution >= 4 is 12.0 Å². The number of nitrogens with zero attached hydrogens (tertiary/aromatic N) is 3. The lowest BCUT2D eigenvalue weighted by Crippen LogP contribution is -2.42. The molecule has 0 radical (unpaired) electrons. The number of urea groups is 1. The van der Waals surface area contributed by atoms with Gasteiger partial charge in [0.1, 0.15) is 19.6 Å². The Morgan fingerprint density at radius 1 is 1.29 bits per heavy atom. The number of nitriles is 2. The minimum absolute atomic E-state index is 0.251. The van der Waals surface area contributed by atoms with Crippen molar-refractivity contribution in [3.8, 4) is 12.1 Å². The number of aliphatic carboxylic acids is 1. The molecular weight excluding hydrogens is 188 g/mol. The van der Waals surface area contributed by atoms with Gasteiger partial charge in [-0.25, -0.2) is 4.79 Å². The summed E-state index contributed by atoms with van der Waals surface area (Å²) in [5.41, 5.74) is 0. The third-order valence-corrected chi connectivity index (χ3v) is 1.20. The number of hydrogen-bond acceptors (Lipinski definition) is 4. The summed E-state index contributed by atoms with van der Waals surface area (Å²) in [6.07, 6.45) is 0. The van der Waals surface area contributed by atoms with Gasteiger partial charge in [0.2, 0.25) is 0 Å². The fourth-order valence-corrected chi connectivity index (χ4v) is 0.633. The van der Waals surface area contributed by atoms with Crippen LogP contribution in [0.1, 0.15) is 0 Å². The molecule has 0 aliphatic rings. The number of nitrogens with one attached hydrogen (secondary N) is 1. The van der Waals surface area contributed by atoms with Gasteiger partial charge in [0.05, 0.1) is 12.1 Å². The van der Waals surface area contributed by atoms with Gasteiger partial charge in [0.15, 0.2) is 0 Å². The van der Waals surface area contributed by atoms with Crippen molar-refractivity contribution in [1.29, 1.82) is 10.5 Å². The summed E-state index contributed by atoms with van der Waals surface area (Å²) in [4.78, 5) is 22.1. The van der Waals surface area contributed by atoms with Crippen molar-refractivity contribution in [1.82, 2.24) is 10.2 Å². The molecule has 0 bridgehead atoms. The predicted molar refractivity (Wildman–Crippen MR) is 43.8 cm³/mol. The number of carbonyl (C=O) groups excluding carboxylic acids is 1. The van der Waals surface area contributed by atoms with E-state index < -0.39 is 18.5 Å². The van der Waals surface area contributed by atoms with Crippen molar-refractivity contribution in [2.45, 2.75) is 0 Å². The SMILES string of the molecule is N#CCN(CC#N)C(=O)NCC(=O)O. The molecule has 0 spiro atoms. The Morgan fingerprint density at radius 2 is 1.79 bits per heavy atom. The third-order valence-electron chi connectivity index (χ3n) is 1.20. The van der Waals surface area contributed by atoms with Crippen LogP contribution < -0.4 is 5.32 Å². The third kappa shape index (κ3) is 4.57. The van der Waals surface area contributed by atoms with Gasteiger partial charge in [-0.15, -0.1) is 0 Å². The van der Waals surface area contributed by atoms with Gasteiger partial charge >= 0.3 is 12.0 Å². The number of hydrogen-bond donors (Lipinski definition) is 2. The maximum absolute atomic E-state index is 11.1. The maximum atomic E-state index is 11.1. The molecule has 0 rings (SSSR count). The van der Waals surface area contributed by atoms with E-state index in [4.69, 9.17) is 15.6 Å². The molecule has 0 aliphatic carbocycles. The van der Waals surface area contributed by atoms with Crippen LogP contribution in [0.4, 0.5) is 4.79 Å². The van der Waals surface area contributed by atoms with E-state index >= 15 is 0 Å². The summed E-state index contributed by atoms with van der Waals surface area (Å²) in [5.74, 6) is -1.19. The number of amides is 2. The van der Waals surface area contributed by atoms with E-state index in [0.717, 1.165) is 4.90 Å². The van der Waals surface area contributed by atoms with E-state index in [1.807, 2.05) is 5.32 Å². The van der Waals surface area contributed by atoms with E-state index in [0.29, 0.717) is 0 Å². The smallest absolute Gasteiger partial charge is 0.323 e. The zero-order valence-electron chi connectivity index (χ0n) is 7.23. The Morgan fingerprint density at radius 3 is 2.14 bits per heavy atom. The van der Waals surface area contributed by atoms with Gasteiger partial charge in [0.25, 0.3) is 0 Å². The van der Waals surface area contributed by atoms with Crippen LogP contribution in [0.15, 0.2) is 0 Å². The molecular formula is C7H8N4O3. The Balaban J connectivity index is 4.10. The highest BCUT2D eigenvalue weighted by Crippen LogP contribution is 1.87. The normalized spacial score (nSPS) is 8.14. The van der Waals surface area contributed by atoms with Crippen LogP contribution in [0.5, 0.6) is 0 Å². The molecule has 0 saturated carbocycles. The van der Waals surface area contributed by atoms with Crippen LogP contribution in [-0.4, -0.2) is 41.6 Å². The lowest BCUT2D eigenvalue weighted by atomic mass is 10.5. The van der Waals surface area contributed by atoms with Crippen LogP contribution in [-0.2, 0) is 4.79 Å². The fourth-order valence-electron chi connectivity index (χ4n) is 0.633. The summed E-state index contributed by atoms with van der Waals surface area (Å²) in [5, 5.41) is 26.9. The highest BCUT2D eigenvalue weighted by Gasteiger charge is 2.12. The van der Waals surface area contributed by atoms with Crippen molar-refractivity contribution < 1.29 is 14.7 Å². The molecule has 2 amide bonds. The Hall–Kier alpha value is -2.28. The van der Waals surface area contributed by atoms with Crippen molar-refractivity contribution in [3.63, 3.8) is 0 Å². The van der Waals surface area contributed by atoms with Crippen LogP contribution >= 0.6 is 0 Å². The molecule has 0 aromatic carbocycles. The van der Waals surface area contributed by atoms with E-state index in [1.54, 1.807) is 12.1 Å². The van der Waals surface area contributed by atoms with Gasteiger partial charge in [-0.05, 0) is 0 Å². The second-order valence-electron chi connectivity index (χ2n) is 2.22. The summed E-state index contributed by atoms with van der Waals surface area (Å²) in [7, 11) is 0. The van der Waals surface area contributed by atoms with E-state index in [9.17, 15) is 9.59 Å². The first-order valence-electron chi connectivity index (χ1n) is 3.60. The zero-order valence-corrected chi connectivity index (χ0v) is 7.23. The van der Waals surface area contributed by atoms with E-state index in [-0.39, 0.29) is 13.1 Å². The summed E-state index contributed by atoms with van der Waals surface area (Å²) >= 11 is 0. The molecule has 0 aromatic rings. The fraction of sp³-hybridized carbons (Fsp3) is 0.429. The molecule has 74 valence electrons. The van der Waals surface area contributed by atoms with Crippen molar-refractivity contribution in [2.24, 2.45) is 0 Å². The second kappa shape index (κ2) is 6.26. The highest BCUT2D eigenvalue weighted by molar-refractivity contribution is 5.80. The molecule has 7 heteroatoms. The molecule has 14 heavy (non-hydrogen) atoms. The van der Waals surface area contributed by atoms with Gasteiger partial charge in [-0.3, -0.25) is 9.69 Å². The maximum Gasteiger partial charge on any atom is 0.323 e.